The van der Waals surface area contributed by atoms with Crippen molar-refractivity contribution in [1.29, 1.82) is 0 Å². The Morgan fingerprint density at radius 1 is 1.20 bits per heavy atom. The van der Waals surface area contributed by atoms with Gasteiger partial charge in [0.15, 0.2) is 0 Å². The lowest BCUT2D eigenvalue weighted by Crippen LogP contribution is -2.70. The number of likely N-dealkylation sites (N-methyl/N-ethyl adjacent to an activating group) is 1. The molecule has 15 heavy (non-hydrogen) atoms. The van der Waals surface area contributed by atoms with E-state index in [4.69, 9.17) is 0 Å². The van der Waals surface area contributed by atoms with Crippen LogP contribution in [0.3, 0.4) is 0 Å². The van der Waals surface area contributed by atoms with Gasteiger partial charge in [0.2, 0.25) is 0 Å². The molecule has 1 rings (SSSR count). The molecule has 1 aliphatic rings. The van der Waals surface area contributed by atoms with Crippen LogP contribution in [0.5, 0.6) is 0 Å². The van der Waals surface area contributed by atoms with Crippen LogP contribution < -0.4 is 0 Å². The summed E-state index contributed by atoms with van der Waals surface area (Å²) in [6.07, 6.45) is 1.48. The number of carbonyl (C=O) groups excluding carboxylic acids is 3. The van der Waals surface area contributed by atoms with Gasteiger partial charge < -0.3 is 0 Å². The second-order valence-corrected chi connectivity index (χ2v) is 3.63. The van der Waals surface area contributed by atoms with Crippen molar-refractivity contribution in [3.8, 4) is 0 Å². The van der Waals surface area contributed by atoms with Crippen molar-refractivity contribution in [3.05, 3.63) is 12.7 Å². The molecule has 0 spiro atoms. The Morgan fingerprint density at radius 2 is 1.60 bits per heavy atom. The molecule has 0 aromatic heterocycles. The SMILES string of the molecule is C=CC[N+]1(C)C(=O)N(C)C(=O)N(C)C1=O. The maximum atomic E-state index is 11.8. The van der Waals surface area contributed by atoms with E-state index in [2.05, 4.69) is 6.58 Å². The summed E-state index contributed by atoms with van der Waals surface area (Å²) in [6, 6.07) is -1.68. The molecule has 0 atom stereocenters. The van der Waals surface area contributed by atoms with Crippen molar-refractivity contribution in [2.75, 3.05) is 27.7 Å². The highest BCUT2D eigenvalue weighted by molar-refractivity contribution is 6.05. The van der Waals surface area contributed by atoms with Crippen LogP contribution in [0.1, 0.15) is 0 Å². The average Bonchev–Trinajstić information content (AvgIpc) is 2.22. The third-order valence-electron chi connectivity index (χ3n) is 2.49. The summed E-state index contributed by atoms with van der Waals surface area (Å²) >= 11 is 0. The molecule has 1 saturated heterocycles. The molecular formula is C9H14N3O3+. The van der Waals surface area contributed by atoms with Crippen molar-refractivity contribution < 1.29 is 18.9 Å². The fourth-order valence-electron chi connectivity index (χ4n) is 1.55. The lowest BCUT2D eigenvalue weighted by atomic mass is 10.4. The molecule has 0 aromatic carbocycles. The summed E-state index contributed by atoms with van der Waals surface area (Å²) in [6.45, 7) is 3.66. The number of quaternary nitrogens is 1. The number of imide groups is 3. The number of nitrogens with zero attached hydrogens (tertiary/aromatic N) is 3. The molecule has 6 heteroatoms. The first-order chi connectivity index (χ1) is 6.86. The maximum Gasteiger partial charge on any atom is 0.436 e. The summed E-state index contributed by atoms with van der Waals surface area (Å²) in [7, 11) is 4.17. The highest BCUT2D eigenvalue weighted by Crippen LogP contribution is 2.19. The Morgan fingerprint density at radius 3 is 1.93 bits per heavy atom. The van der Waals surface area contributed by atoms with Crippen molar-refractivity contribution >= 4 is 18.1 Å². The minimum absolute atomic E-state index is 0.166. The normalized spacial score (nSPS) is 20.9. The maximum absolute atomic E-state index is 11.8. The van der Waals surface area contributed by atoms with Gasteiger partial charge in [0.05, 0.1) is 7.05 Å². The van der Waals surface area contributed by atoms with Crippen LogP contribution in [0.4, 0.5) is 14.4 Å². The minimum Gasteiger partial charge on any atom is -0.247 e. The Kier molecular flexibility index (Phi) is 2.63. The number of amides is 6. The molecule has 0 aromatic rings. The third-order valence-corrected chi connectivity index (χ3v) is 2.49. The van der Waals surface area contributed by atoms with E-state index in [1.807, 2.05) is 0 Å². The highest BCUT2D eigenvalue weighted by atomic mass is 16.2. The first-order valence-corrected chi connectivity index (χ1v) is 4.43. The van der Waals surface area contributed by atoms with Crippen LogP contribution in [-0.2, 0) is 0 Å². The highest BCUT2D eigenvalue weighted by Gasteiger charge is 2.52. The van der Waals surface area contributed by atoms with Crippen molar-refractivity contribution in [3.63, 3.8) is 0 Å². The zero-order chi connectivity index (χ0) is 11.8. The second kappa shape index (κ2) is 3.47. The van der Waals surface area contributed by atoms with Crippen LogP contribution >= 0.6 is 0 Å². The minimum atomic E-state index is -0.607. The van der Waals surface area contributed by atoms with E-state index in [9.17, 15) is 14.4 Å². The van der Waals surface area contributed by atoms with Gasteiger partial charge in [-0.2, -0.15) is 4.48 Å². The first kappa shape index (κ1) is 11.4. The van der Waals surface area contributed by atoms with E-state index in [0.29, 0.717) is 0 Å². The van der Waals surface area contributed by atoms with Gasteiger partial charge in [0, 0.05) is 14.1 Å². The summed E-state index contributed by atoms with van der Waals surface area (Å²) in [5.74, 6) is 0. The van der Waals surface area contributed by atoms with Gasteiger partial charge in [0.25, 0.3) is 0 Å². The standard InChI is InChI=1S/C9H14N3O3/c1-5-6-12(4)8(14)10(2)7(13)11(3)9(12)15/h5H,1,6H2,2-4H3/q+1. The molecule has 1 heterocycles. The fraction of sp³-hybridized carbons (Fsp3) is 0.444. The van der Waals surface area contributed by atoms with Crippen molar-refractivity contribution in [2.45, 2.75) is 0 Å². The van der Waals surface area contributed by atoms with Gasteiger partial charge in [-0.05, 0) is 6.08 Å². The Balaban J connectivity index is 3.18. The zero-order valence-corrected chi connectivity index (χ0v) is 9.06. The summed E-state index contributed by atoms with van der Waals surface area (Å²) in [5, 5.41) is 0. The largest absolute Gasteiger partial charge is 0.436 e. The molecule has 6 nitrogen and oxygen atoms in total. The van der Waals surface area contributed by atoms with Gasteiger partial charge in [-0.25, -0.2) is 24.2 Å². The monoisotopic (exact) mass is 212 g/mol. The molecule has 0 radical (unpaired) electrons. The smallest absolute Gasteiger partial charge is 0.247 e. The van der Waals surface area contributed by atoms with E-state index in [-0.39, 0.29) is 6.54 Å². The Labute approximate surface area is 87.9 Å². The summed E-state index contributed by atoms with van der Waals surface area (Å²) in [4.78, 5) is 36.9. The first-order valence-electron chi connectivity index (χ1n) is 4.43. The molecular weight excluding hydrogens is 198 g/mol. The molecule has 0 saturated carbocycles. The van der Waals surface area contributed by atoms with E-state index < -0.39 is 22.6 Å². The van der Waals surface area contributed by atoms with E-state index >= 15 is 0 Å². The molecule has 0 N–H and O–H groups in total. The molecule has 1 aliphatic heterocycles. The molecule has 82 valence electrons. The molecule has 1 fully saturated rings. The zero-order valence-electron chi connectivity index (χ0n) is 9.06. The molecule has 6 amide bonds. The number of carbonyl (C=O) groups is 3. The van der Waals surface area contributed by atoms with E-state index in [1.54, 1.807) is 0 Å². The fourth-order valence-corrected chi connectivity index (χ4v) is 1.55. The van der Waals surface area contributed by atoms with Crippen LogP contribution in [0.15, 0.2) is 12.7 Å². The summed E-state index contributed by atoms with van der Waals surface area (Å²) < 4.78 is -0.484. The lowest BCUT2D eigenvalue weighted by molar-refractivity contribution is -0.748. The van der Waals surface area contributed by atoms with Crippen LogP contribution in [-0.4, -0.2) is 60.1 Å². The van der Waals surface area contributed by atoms with Gasteiger partial charge in [-0.3, -0.25) is 0 Å². The second-order valence-electron chi connectivity index (χ2n) is 3.63. The topological polar surface area (TPSA) is 57.7 Å². The van der Waals surface area contributed by atoms with Gasteiger partial charge >= 0.3 is 18.1 Å². The Hall–Kier alpha value is -1.69. The van der Waals surface area contributed by atoms with Gasteiger partial charge in [0.1, 0.15) is 6.54 Å². The van der Waals surface area contributed by atoms with Crippen molar-refractivity contribution in [2.24, 2.45) is 0 Å². The number of hydrogen-bond acceptors (Lipinski definition) is 3. The average molecular weight is 212 g/mol. The predicted molar refractivity (Wildman–Crippen MR) is 53.0 cm³/mol. The van der Waals surface area contributed by atoms with Crippen LogP contribution in [0, 0.1) is 0 Å². The molecule has 0 aliphatic carbocycles. The van der Waals surface area contributed by atoms with Gasteiger partial charge in [-0.1, -0.05) is 6.58 Å². The number of urea groups is 3. The van der Waals surface area contributed by atoms with Crippen LogP contribution in [0.25, 0.3) is 0 Å². The molecule has 0 unspecified atom stereocenters. The Bertz CT molecular complexity index is 327. The summed E-state index contributed by atoms with van der Waals surface area (Å²) in [5.41, 5.74) is 0. The van der Waals surface area contributed by atoms with Gasteiger partial charge in [-0.15, -0.1) is 0 Å². The predicted octanol–water partition coefficient (Wildman–Crippen LogP) is 0.856. The van der Waals surface area contributed by atoms with E-state index in [0.717, 1.165) is 9.80 Å². The number of rotatable bonds is 2. The lowest BCUT2D eigenvalue weighted by Gasteiger charge is -2.37. The third kappa shape index (κ3) is 1.42. The molecule has 0 bridgehead atoms. The quantitative estimate of drug-likeness (QED) is 0.503. The van der Waals surface area contributed by atoms with E-state index in [1.165, 1.54) is 27.2 Å². The van der Waals surface area contributed by atoms with Crippen LogP contribution in [0.2, 0.25) is 0 Å². The van der Waals surface area contributed by atoms with Crippen molar-refractivity contribution in [1.82, 2.24) is 9.80 Å². The number of hydrogen-bond donors (Lipinski definition) is 0.